The summed E-state index contributed by atoms with van der Waals surface area (Å²) in [5.41, 5.74) is 8.03. The van der Waals surface area contributed by atoms with Crippen LogP contribution in [0.5, 0.6) is 5.75 Å². The number of nitrogens with one attached hydrogen (secondary N) is 2. The minimum Gasteiger partial charge on any atom is -0.494 e. The van der Waals surface area contributed by atoms with Crippen molar-refractivity contribution >= 4 is 40.3 Å². The van der Waals surface area contributed by atoms with E-state index in [1.165, 1.54) is 0 Å². The van der Waals surface area contributed by atoms with E-state index in [1.807, 2.05) is 63.6 Å². The molecule has 41 heavy (non-hydrogen) atoms. The number of nitrogens with zero attached hydrogens (tertiary/aromatic N) is 4. The largest absolute Gasteiger partial charge is 0.494 e. The van der Waals surface area contributed by atoms with Gasteiger partial charge in [-0.05, 0) is 86.2 Å². The first-order valence-electron chi connectivity index (χ1n) is 13.7. The Morgan fingerprint density at radius 3 is 2.44 bits per heavy atom. The second-order valence-corrected chi connectivity index (χ2v) is 10.7. The van der Waals surface area contributed by atoms with Crippen molar-refractivity contribution in [1.82, 2.24) is 14.9 Å². The van der Waals surface area contributed by atoms with Crippen molar-refractivity contribution in [1.29, 1.82) is 0 Å². The number of hydrogen-bond acceptors (Lipinski definition) is 5. The molecular formula is C32H36N6O2S. The molecule has 2 atom stereocenters. The third-order valence-electron chi connectivity index (χ3n) is 7.57. The van der Waals surface area contributed by atoms with E-state index in [0.29, 0.717) is 23.0 Å². The van der Waals surface area contributed by atoms with Crippen LogP contribution in [0, 0.1) is 13.8 Å². The first kappa shape index (κ1) is 28.2. The van der Waals surface area contributed by atoms with Crippen molar-refractivity contribution in [2.45, 2.75) is 39.3 Å². The molecule has 1 saturated heterocycles. The van der Waals surface area contributed by atoms with Gasteiger partial charge in [-0.15, -0.1) is 0 Å². The van der Waals surface area contributed by atoms with Gasteiger partial charge in [0.1, 0.15) is 5.75 Å². The third kappa shape index (κ3) is 5.37. The SMILES string of the molecule is CCC(=O)Nc1ccc(N2C(=S)N[C@H](c3ccccn3)[C@H]2c2cc(C)n(-c3ccc(N(C)C)cc3)c2C)cc1OC. The fourth-order valence-electron chi connectivity index (χ4n) is 5.50. The van der Waals surface area contributed by atoms with Crippen LogP contribution in [0.3, 0.4) is 0 Å². The molecule has 3 heterocycles. The Morgan fingerprint density at radius 1 is 1.07 bits per heavy atom. The number of anilines is 3. The number of methoxy groups -OCH3 is 1. The highest BCUT2D eigenvalue weighted by molar-refractivity contribution is 7.80. The maximum absolute atomic E-state index is 12.1. The number of aryl methyl sites for hydroxylation is 1. The minimum atomic E-state index is -0.181. The average molecular weight is 569 g/mol. The summed E-state index contributed by atoms with van der Waals surface area (Å²) in [4.78, 5) is 21.0. The van der Waals surface area contributed by atoms with Crippen molar-refractivity contribution in [3.63, 3.8) is 0 Å². The van der Waals surface area contributed by atoms with Gasteiger partial charge in [-0.1, -0.05) is 13.0 Å². The van der Waals surface area contributed by atoms with E-state index in [2.05, 4.69) is 69.2 Å². The van der Waals surface area contributed by atoms with Crippen LogP contribution >= 0.6 is 12.2 Å². The van der Waals surface area contributed by atoms with Gasteiger partial charge in [-0.3, -0.25) is 9.78 Å². The summed E-state index contributed by atoms with van der Waals surface area (Å²) in [6.07, 6.45) is 2.19. The topological polar surface area (TPSA) is 74.7 Å². The molecule has 1 aliphatic heterocycles. The number of amides is 1. The molecule has 0 saturated carbocycles. The van der Waals surface area contributed by atoms with Crippen LogP contribution in [0.15, 0.2) is 72.9 Å². The smallest absolute Gasteiger partial charge is 0.224 e. The molecule has 0 aliphatic carbocycles. The van der Waals surface area contributed by atoms with E-state index < -0.39 is 0 Å². The quantitative estimate of drug-likeness (QED) is 0.249. The molecular weight excluding hydrogens is 532 g/mol. The number of aromatic nitrogens is 2. The summed E-state index contributed by atoms with van der Waals surface area (Å²) < 4.78 is 7.97. The Morgan fingerprint density at radius 2 is 1.80 bits per heavy atom. The lowest BCUT2D eigenvalue weighted by Gasteiger charge is -2.29. The molecule has 1 fully saturated rings. The van der Waals surface area contributed by atoms with Crippen molar-refractivity contribution in [2.24, 2.45) is 0 Å². The molecule has 0 radical (unpaired) electrons. The van der Waals surface area contributed by atoms with E-state index >= 15 is 0 Å². The summed E-state index contributed by atoms with van der Waals surface area (Å²) in [5.74, 6) is 0.493. The molecule has 0 unspecified atom stereocenters. The van der Waals surface area contributed by atoms with Crippen molar-refractivity contribution in [3.05, 3.63) is 95.6 Å². The van der Waals surface area contributed by atoms with E-state index in [-0.39, 0.29) is 18.0 Å². The molecule has 1 aliphatic rings. The van der Waals surface area contributed by atoms with Gasteiger partial charge in [0, 0.05) is 61.2 Å². The van der Waals surface area contributed by atoms with Gasteiger partial charge in [0.25, 0.3) is 0 Å². The maximum Gasteiger partial charge on any atom is 0.224 e. The van der Waals surface area contributed by atoms with Crippen molar-refractivity contribution < 1.29 is 9.53 Å². The summed E-state index contributed by atoms with van der Waals surface area (Å²) in [6, 6.07) is 22.1. The van der Waals surface area contributed by atoms with Crippen LogP contribution in [-0.2, 0) is 4.79 Å². The summed E-state index contributed by atoms with van der Waals surface area (Å²) in [5, 5.41) is 7.06. The Labute approximate surface area is 247 Å². The number of carbonyl (C=O) groups excluding carboxylic acids is 1. The minimum absolute atomic E-state index is 0.0754. The number of pyridine rings is 1. The first-order chi connectivity index (χ1) is 19.7. The predicted octanol–water partition coefficient (Wildman–Crippen LogP) is 6.09. The number of ether oxygens (including phenoxy) is 1. The highest BCUT2D eigenvalue weighted by atomic mass is 32.1. The normalized spacial score (nSPS) is 16.4. The molecule has 2 aromatic heterocycles. The first-order valence-corrected chi connectivity index (χ1v) is 14.1. The van der Waals surface area contributed by atoms with Gasteiger partial charge in [0.2, 0.25) is 5.91 Å². The number of rotatable bonds is 8. The fraction of sp³-hybridized carbons (Fsp3) is 0.281. The lowest BCUT2D eigenvalue weighted by Crippen LogP contribution is -2.29. The second kappa shape index (κ2) is 11.6. The van der Waals surface area contributed by atoms with Gasteiger partial charge >= 0.3 is 0 Å². The second-order valence-electron chi connectivity index (χ2n) is 10.4. The van der Waals surface area contributed by atoms with Gasteiger partial charge in [0.15, 0.2) is 5.11 Å². The number of hydrogen-bond donors (Lipinski definition) is 2. The van der Waals surface area contributed by atoms with Gasteiger partial charge in [0.05, 0.1) is 30.6 Å². The van der Waals surface area contributed by atoms with Gasteiger partial charge in [-0.25, -0.2) is 0 Å². The highest BCUT2D eigenvalue weighted by Crippen LogP contribution is 2.45. The zero-order valence-electron chi connectivity index (χ0n) is 24.3. The molecule has 0 spiro atoms. The molecule has 2 N–H and O–H groups in total. The third-order valence-corrected chi connectivity index (χ3v) is 7.88. The van der Waals surface area contributed by atoms with Gasteiger partial charge < -0.3 is 29.7 Å². The lowest BCUT2D eigenvalue weighted by atomic mass is 9.96. The van der Waals surface area contributed by atoms with E-state index in [0.717, 1.165) is 39.7 Å². The number of carbonyl (C=O) groups is 1. The monoisotopic (exact) mass is 568 g/mol. The Balaban J connectivity index is 1.62. The summed E-state index contributed by atoms with van der Waals surface area (Å²) in [7, 11) is 5.69. The standard InChI is InChI=1S/C32H36N6O2S/c1-7-29(39)34-26-16-15-24(19-28(26)40-6)38-31(30(35-32(38)41)27-10-8-9-17-33-27)25-18-20(2)37(21(25)3)23-13-11-22(12-14-23)36(4)5/h8-19,30-31H,7H2,1-6H3,(H,34,39)(H,35,41)/t30-,31-/m1/s1. The predicted molar refractivity (Wildman–Crippen MR) is 169 cm³/mol. The lowest BCUT2D eigenvalue weighted by molar-refractivity contribution is -0.115. The molecule has 1 amide bonds. The van der Waals surface area contributed by atoms with E-state index in [4.69, 9.17) is 21.9 Å². The molecule has 2 aromatic carbocycles. The van der Waals surface area contributed by atoms with Crippen LogP contribution in [0.2, 0.25) is 0 Å². The summed E-state index contributed by atoms with van der Waals surface area (Å²) >= 11 is 5.96. The Bertz CT molecular complexity index is 1570. The van der Waals surface area contributed by atoms with Crippen LogP contribution < -0.4 is 25.2 Å². The maximum atomic E-state index is 12.1. The number of benzene rings is 2. The van der Waals surface area contributed by atoms with Crippen LogP contribution in [0.25, 0.3) is 5.69 Å². The van der Waals surface area contributed by atoms with Crippen LogP contribution in [-0.4, -0.2) is 41.8 Å². The molecule has 5 rings (SSSR count). The zero-order valence-corrected chi connectivity index (χ0v) is 25.1. The molecule has 212 valence electrons. The zero-order chi connectivity index (χ0) is 29.3. The summed E-state index contributed by atoms with van der Waals surface area (Å²) in [6.45, 7) is 6.10. The fourth-order valence-corrected chi connectivity index (χ4v) is 5.85. The average Bonchev–Trinajstić information content (AvgIpc) is 3.48. The van der Waals surface area contributed by atoms with Crippen LogP contribution in [0.1, 0.15) is 48.1 Å². The van der Waals surface area contributed by atoms with Crippen molar-refractivity contribution in [2.75, 3.05) is 36.3 Å². The molecule has 8 nitrogen and oxygen atoms in total. The molecule has 0 bridgehead atoms. The van der Waals surface area contributed by atoms with Crippen LogP contribution in [0.4, 0.5) is 17.1 Å². The molecule has 4 aromatic rings. The van der Waals surface area contributed by atoms with Crippen molar-refractivity contribution in [3.8, 4) is 11.4 Å². The number of thiocarbonyl (C=S) groups is 1. The Kier molecular flexibility index (Phi) is 7.99. The van der Waals surface area contributed by atoms with E-state index in [1.54, 1.807) is 7.11 Å². The van der Waals surface area contributed by atoms with E-state index in [9.17, 15) is 4.79 Å². The molecule has 9 heteroatoms. The van der Waals surface area contributed by atoms with Gasteiger partial charge in [-0.2, -0.15) is 0 Å². The highest BCUT2D eigenvalue weighted by Gasteiger charge is 2.42. The Hall–Kier alpha value is -4.37.